The number of nitro benzene ring substituents is 1. The van der Waals surface area contributed by atoms with Crippen molar-refractivity contribution in [2.75, 3.05) is 0 Å². The molecule has 1 aromatic rings. The lowest BCUT2D eigenvalue weighted by Gasteiger charge is -2.47. The van der Waals surface area contributed by atoms with Crippen molar-refractivity contribution >= 4 is 17.4 Å². The largest absolute Gasteiger partial charge is 0.458 e. The molecular weight excluding hydrogens is 346 g/mol. The number of allylic oxidation sites excluding steroid dienone is 2. The predicted molar refractivity (Wildman–Crippen MR) is 100 cm³/mol. The third-order valence-corrected chi connectivity index (χ3v) is 5.90. The fourth-order valence-electron chi connectivity index (χ4n) is 3.97. The van der Waals surface area contributed by atoms with E-state index in [9.17, 15) is 19.7 Å². The van der Waals surface area contributed by atoms with Crippen LogP contribution in [0.2, 0.25) is 0 Å². The van der Waals surface area contributed by atoms with Gasteiger partial charge in [0.25, 0.3) is 5.69 Å². The van der Waals surface area contributed by atoms with E-state index in [2.05, 4.69) is 6.58 Å². The molecule has 0 bridgehead atoms. The average Bonchev–Trinajstić information content (AvgIpc) is 2.62. The highest BCUT2D eigenvalue weighted by molar-refractivity contribution is 5.92. The molecule has 0 saturated heterocycles. The van der Waals surface area contributed by atoms with Crippen molar-refractivity contribution in [1.29, 1.82) is 0 Å². The fourth-order valence-corrected chi connectivity index (χ4v) is 3.97. The number of nitrogens with zero attached hydrogens (tertiary/aromatic N) is 1. The molecule has 0 aromatic heterocycles. The Morgan fingerprint density at radius 3 is 2.59 bits per heavy atom. The summed E-state index contributed by atoms with van der Waals surface area (Å²) in [4.78, 5) is 34.8. The number of esters is 1. The van der Waals surface area contributed by atoms with Gasteiger partial charge in [-0.15, -0.1) is 0 Å². The minimum atomic E-state index is -0.509. The molecular formula is C21H23NO5. The molecule has 1 saturated carbocycles. The number of non-ortho nitro benzene ring substituents is 1. The number of rotatable bonds is 4. The zero-order valence-electron chi connectivity index (χ0n) is 15.6. The lowest BCUT2D eigenvalue weighted by Crippen LogP contribution is -2.45. The number of carbonyl (C=O) groups excluding carboxylic acids is 2. The number of carbonyl (C=O) groups is 2. The molecule has 6 heteroatoms. The number of hydrogen-bond acceptors (Lipinski definition) is 5. The van der Waals surface area contributed by atoms with Crippen LogP contribution in [0.25, 0.3) is 0 Å². The summed E-state index contributed by atoms with van der Waals surface area (Å²) in [5, 5.41) is 10.8. The normalized spacial score (nSPS) is 27.3. The highest BCUT2D eigenvalue weighted by Gasteiger charge is 2.47. The van der Waals surface area contributed by atoms with Gasteiger partial charge >= 0.3 is 5.97 Å². The number of fused-ring (bicyclic) bond motifs is 1. The molecule has 1 fully saturated rings. The first-order chi connectivity index (χ1) is 12.7. The van der Waals surface area contributed by atoms with E-state index in [1.165, 1.54) is 24.3 Å². The SMILES string of the molecule is C=C(C)[C@@H]1CC2=CC(=O)CC[C@]2(C)[C@@H](OC(=O)c2ccc([N+](=O)[O-])cc2)C1. The quantitative estimate of drug-likeness (QED) is 0.340. The Labute approximate surface area is 158 Å². The van der Waals surface area contributed by atoms with Crippen LogP contribution < -0.4 is 0 Å². The van der Waals surface area contributed by atoms with Gasteiger partial charge in [-0.25, -0.2) is 4.79 Å². The summed E-state index contributed by atoms with van der Waals surface area (Å²) in [5.74, 6) is -0.232. The van der Waals surface area contributed by atoms with Gasteiger partial charge in [-0.3, -0.25) is 14.9 Å². The first-order valence-corrected chi connectivity index (χ1v) is 9.05. The maximum absolute atomic E-state index is 12.7. The van der Waals surface area contributed by atoms with E-state index in [-0.39, 0.29) is 34.5 Å². The van der Waals surface area contributed by atoms with E-state index in [1.807, 2.05) is 13.8 Å². The van der Waals surface area contributed by atoms with Crippen molar-refractivity contribution in [3.8, 4) is 0 Å². The van der Waals surface area contributed by atoms with Gasteiger partial charge in [-0.05, 0) is 50.3 Å². The summed E-state index contributed by atoms with van der Waals surface area (Å²) in [5.41, 5.74) is 1.87. The zero-order chi connectivity index (χ0) is 19.8. The van der Waals surface area contributed by atoms with E-state index in [1.54, 1.807) is 6.08 Å². The number of hydrogen-bond donors (Lipinski definition) is 0. The van der Waals surface area contributed by atoms with Crippen molar-refractivity contribution < 1.29 is 19.2 Å². The summed E-state index contributed by atoms with van der Waals surface area (Å²) < 4.78 is 5.86. The van der Waals surface area contributed by atoms with Gasteiger partial charge in [0.2, 0.25) is 0 Å². The standard InChI is InChI=1S/C21H23NO5/c1-13(2)15-10-16-12-18(23)8-9-21(16,3)19(11-15)27-20(24)14-4-6-17(7-5-14)22(25)26/h4-7,12,15,19H,1,8-11H2,2-3H3/t15-,19+,21+/m1/s1. The van der Waals surface area contributed by atoms with Crippen LogP contribution in [0.5, 0.6) is 0 Å². The molecule has 0 heterocycles. The lowest BCUT2D eigenvalue weighted by atomic mass is 9.60. The second-order valence-electron chi connectivity index (χ2n) is 7.73. The summed E-state index contributed by atoms with van der Waals surface area (Å²) in [6.45, 7) is 8.04. The molecule has 3 rings (SSSR count). The number of ether oxygens (including phenoxy) is 1. The van der Waals surface area contributed by atoms with E-state index in [0.29, 0.717) is 19.3 Å². The Bertz CT molecular complexity index is 839. The predicted octanol–water partition coefficient (Wildman–Crippen LogP) is 4.40. The second kappa shape index (κ2) is 7.10. The number of benzene rings is 1. The minimum Gasteiger partial charge on any atom is -0.458 e. The summed E-state index contributed by atoms with van der Waals surface area (Å²) in [6.07, 6.45) is 3.88. The van der Waals surface area contributed by atoms with Gasteiger partial charge in [0.05, 0.1) is 10.5 Å². The van der Waals surface area contributed by atoms with Crippen LogP contribution in [0, 0.1) is 21.4 Å². The molecule has 0 aliphatic heterocycles. The van der Waals surface area contributed by atoms with E-state index < -0.39 is 10.9 Å². The Balaban J connectivity index is 1.85. The van der Waals surface area contributed by atoms with Gasteiger partial charge in [0.1, 0.15) is 6.10 Å². The van der Waals surface area contributed by atoms with E-state index >= 15 is 0 Å². The molecule has 0 N–H and O–H groups in total. The van der Waals surface area contributed by atoms with Crippen LogP contribution in [0.3, 0.4) is 0 Å². The minimum absolute atomic E-state index is 0.0745. The highest BCUT2D eigenvalue weighted by Crippen LogP contribution is 2.51. The van der Waals surface area contributed by atoms with Crippen LogP contribution >= 0.6 is 0 Å². The van der Waals surface area contributed by atoms with Gasteiger partial charge in [-0.2, -0.15) is 0 Å². The summed E-state index contributed by atoms with van der Waals surface area (Å²) in [7, 11) is 0. The van der Waals surface area contributed by atoms with Crippen molar-refractivity contribution in [2.24, 2.45) is 11.3 Å². The average molecular weight is 369 g/mol. The molecule has 27 heavy (non-hydrogen) atoms. The molecule has 0 spiro atoms. The van der Waals surface area contributed by atoms with Gasteiger partial charge in [-0.1, -0.05) is 24.6 Å². The molecule has 0 radical (unpaired) electrons. The first-order valence-electron chi connectivity index (χ1n) is 9.05. The molecule has 3 atom stereocenters. The maximum atomic E-state index is 12.7. The van der Waals surface area contributed by atoms with E-state index in [4.69, 9.17) is 4.74 Å². The van der Waals surface area contributed by atoms with Gasteiger partial charge in [0, 0.05) is 24.0 Å². The molecule has 1 aromatic carbocycles. The van der Waals surface area contributed by atoms with Crippen molar-refractivity contribution in [3.05, 3.63) is 63.7 Å². The van der Waals surface area contributed by atoms with Gasteiger partial charge < -0.3 is 4.74 Å². The second-order valence-corrected chi connectivity index (χ2v) is 7.73. The Kier molecular flexibility index (Phi) is 5.00. The fraction of sp³-hybridized carbons (Fsp3) is 0.429. The number of nitro groups is 1. The van der Waals surface area contributed by atoms with Crippen LogP contribution in [0.15, 0.2) is 48.1 Å². The smallest absolute Gasteiger partial charge is 0.338 e. The highest BCUT2D eigenvalue weighted by atomic mass is 16.6. The molecule has 0 amide bonds. The van der Waals surface area contributed by atoms with Crippen LogP contribution in [0.4, 0.5) is 5.69 Å². The van der Waals surface area contributed by atoms with Crippen molar-refractivity contribution in [3.63, 3.8) is 0 Å². The monoisotopic (exact) mass is 369 g/mol. The molecule has 6 nitrogen and oxygen atoms in total. The third-order valence-electron chi connectivity index (χ3n) is 5.90. The maximum Gasteiger partial charge on any atom is 0.338 e. The van der Waals surface area contributed by atoms with E-state index in [0.717, 1.165) is 17.6 Å². The molecule has 2 aliphatic rings. The Hall–Kier alpha value is -2.76. The topological polar surface area (TPSA) is 86.5 Å². The molecule has 0 unspecified atom stereocenters. The van der Waals surface area contributed by atoms with Crippen LogP contribution in [0.1, 0.15) is 49.9 Å². The molecule has 2 aliphatic carbocycles. The van der Waals surface area contributed by atoms with Crippen molar-refractivity contribution in [2.45, 2.75) is 45.6 Å². The summed E-state index contributed by atoms with van der Waals surface area (Å²) >= 11 is 0. The van der Waals surface area contributed by atoms with Gasteiger partial charge in [0.15, 0.2) is 5.78 Å². The molecule has 142 valence electrons. The van der Waals surface area contributed by atoms with Crippen LogP contribution in [-0.4, -0.2) is 22.8 Å². The number of ketones is 1. The lowest BCUT2D eigenvalue weighted by molar-refractivity contribution is -0.384. The van der Waals surface area contributed by atoms with Crippen LogP contribution in [-0.2, 0) is 9.53 Å². The zero-order valence-corrected chi connectivity index (χ0v) is 15.6. The summed E-state index contributed by atoms with van der Waals surface area (Å²) in [6, 6.07) is 5.40. The Morgan fingerprint density at radius 1 is 1.33 bits per heavy atom. The Morgan fingerprint density at radius 2 is 2.00 bits per heavy atom. The van der Waals surface area contributed by atoms with Crippen molar-refractivity contribution in [1.82, 2.24) is 0 Å². The first kappa shape index (κ1) is 19.0. The third kappa shape index (κ3) is 3.70.